The minimum atomic E-state index is 1.00. The third-order valence-corrected chi connectivity index (χ3v) is 5.42. The van der Waals surface area contributed by atoms with E-state index >= 15 is 0 Å². The van der Waals surface area contributed by atoms with Gasteiger partial charge in [0.2, 0.25) is 0 Å². The molecule has 4 heterocycles. The van der Waals surface area contributed by atoms with Crippen LogP contribution < -0.4 is 0 Å². The van der Waals surface area contributed by atoms with E-state index in [1.54, 1.807) is 28.9 Å². The highest BCUT2D eigenvalue weighted by Crippen LogP contribution is 2.38. The smallest absolute Gasteiger partial charge is 0.125 e. The second-order valence-corrected chi connectivity index (χ2v) is 6.64. The number of rotatable bonds is 2. The molecule has 0 N–H and O–H groups in total. The molecule has 0 bridgehead atoms. The number of pyridine rings is 2. The van der Waals surface area contributed by atoms with Crippen LogP contribution in [-0.4, -0.2) is 15.0 Å². The number of hydrogen-bond acceptors (Lipinski definition) is 5. The van der Waals surface area contributed by atoms with Crippen molar-refractivity contribution < 1.29 is 0 Å². The van der Waals surface area contributed by atoms with Gasteiger partial charge in [0.1, 0.15) is 5.01 Å². The van der Waals surface area contributed by atoms with Crippen molar-refractivity contribution in [3.05, 3.63) is 54.1 Å². The molecule has 0 amide bonds. The molecule has 0 spiro atoms. The van der Waals surface area contributed by atoms with Crippen molar-refractivity contribution in [1.29, 1.82) is 0 Å². The minimum Gasteiger partial charge on any atom is -0.264 e. The predicted molar refractivity (Wildman–Crippen MR) is 88.7 cm³/mol. The second kappa shape index (κ2) is 5.02. The zero-order chi connectivity index (χ0) is 14.2. The van der Waals surface area contributed by atoms with Gasteiger partial charge in [-0.05, 0) is 30.5 Å². The van der Waals surface area contributed by atoms with Gasteiger partial charge < -0.3 is 0 Å². The molecule has 4 rings (SSSR count). The first-order valence-corrected chi connectivity index (χ1v) is 8.22. The van der Waals surface area contributed by atoms with Crippen molar-refractivity contribution in [1.82, 2.24) is 15.0 Å². The quantitative estimate of drug-likeness (QED) is 0.534. The van der Waals surface area contributed by atoms with E-state index in [0.717, 1.165) is 16.3 Å². The molecule has 3 nitrogen and oxygen atoms in total. The summed E-state index contributed by atoms with van der Waals surface area (Å²) < 4.78 is 1.21. The summed E-state index contributed by atoms with van der Waals surface area (Å²) in [5.74, 6) is 0. The maximum absolute atomic E-state index is 4.70. The van der Waals surface area contributed by atoms with E-state index in [0.29, 0.717) is 0 Å². The highest BCUT2D eigenvalue weighted by molar-refractivity contribution is 7.19. The molecule has 0 saturated carbocycles. The SMILES string of the molecule is Cc1nc(-c2cccnc2)sc1-c1cncc2sccc12. The lowest BCUT2D eigenvalue weighted by atomic mass is 10.1. The van der Waals surface area contributed by atoms with E-state index in [1.165, 1.54) is 20.5 Å². The van der Waals surface area contributed by atoms with Crippen LogP contribution in [0.25, 0.3) is 31.1 Å². The van der Waals surface area contributed by atoms with Crippen LogP contribution in [-0.2, 0) is 0 Å². The molecule has 0 fully saturated rings. The van der Waals surface area contributed by atoms with Crippen molar-refractivity contribution in [2.45, 2.75) is 6.92 Å². The van der Waals surface area contributed by atoms with E-state index in [4.69, 9.17) is 4.98 Å². The molecule has 4 aromatic heterocycles. The highest BCUT2D eigenvalue weighted by Gasteiger charge is 2.14. The predicted octanol–water partition coefficient (Wildman–Crippen LogP) is 4.79. The van der Waals surface area contributed by atoms with Crippen LogP contribution in [0.5, 0.6) is 0 Å². The fourth-order valence-electron chi connectivity index (χ4n) is 2.33. The van der Waals surface area contributed by atoms with Crippen LogP contribution >= 0.6 is 22.7 Å². The Morgan fingerprint density at radius 2 is 2.00 bits per heavy atom. The maximum Gasteiger partial charge on any atom is 0.125 e. The summed E-state index contributed by atoms with van der Waals surface area (Å²) in [5.41, 5.74) is 3.26. The molecule has 0 atom stereocenters. The highest BCUT2D eigenvalue weighted by atomic mass is 32.1. The van der Waals surface area contributed by atoms with Crippen molar-refractivity contribution in [2.75, 3.05) is 0 Å². The molecule has 0 aliphatic rings. The van der Waals surface area contributed by atoms with Gasteiger partial charge in [0, 0.05) is 41.3 Å². The Hall–Kier alpha value is -2.11. The Morgan fingerprint density at radius 1 is 1.05 bits per heavy atom. The lowest BCUT2D eigenvalue weighted by Gasteiger charge is -2.00. The van der Waals surface area contributed by atoms with Crippen molar-refractivity contribution in [2.24, 2.45) is 0 Å². The molecule has 5 heteroatoms. The fourth-order valence-corrected chi connectivity index (χ4v) is 4.19. The largest absolute Gasteiger partial charge is 0.264 e. The number of hydrogen-bond donors (Lipinski definition) is 0. The normalized spacial score (nSPS) is 11.1. The Balaban J connectivity index is 1.90. The third-order valence-electron chi connectivity index (χ3n) is 3.33. The zero-order valence-corrected chi connectivity index (χ0v) is 12.9. The molecule has 4 aromatic rings. The summed E-state index contributed by atoms with van der Waals surface area (Å²) in [6.45, 7) is 2.05. The van der Waals surface area contributed by atoms with E-state index in [2.05, 4.69) is 28.3 Å². The van der Waals surface area contributed by atoms with Gasteiger partial charge in [0.25, 0.3) is 0 Å². The van der Waals surface area contributed by atoms with Crippen LogP contribution in [0.1, 0.15) is 5.69 Å². The van der Waals surface area contributed by atoms with Gasteiger partial charge >= 0.3 is 0 Å². The summed E-state index contributed by atoms with van der Waals surface area (Å²) in [7, 11) is 0. The number of fused-ring (bicyclic) bond motifs is 1. The second-order valence-electron chi connectivity index (χ2n) is 4.69. The number of thiophene rings is 1. The van der Waals surface area contributed by atoms with Crippen LogP contribution in [0.15, 0.2) is 48.4 Å². The number of aromatic nitrogens is 3. The topological polar surface area (TPSA) is 38.7 Å². The van der Waals surface area contributed by atoms with Gasteiger partial charge in [-0.2, -0.15) is 0 Å². The van der Waals surface area contributed by atoms with Gasteiger partial charge in [-0.3, -0.25) is 9.97 Å². The van der Waals surface area contributed by atoms with Crippen molar-refractivity contribution in [3.63, 3.8) is 0 Å². The van der Waals surface area contributed by atoms with Gasteiger partial charge in [-0.15, -0.1) is 22.7 Å². The maximum atomic E-state index is 4.70. The average Bonchev–Trinajstić information content (AvgIpc) is 3.14. The van der Waals surface area contributed by atoms with Gasteiger partial charge in [-0.25, -0.2) is 4.98 Å². The van der Waals surface area contributed by atoms with E-state index in [9.17, 15) is 0 Å². The van der Waals surface area contributed by atoms with Gasteiger partial charge in [0.05, 0.1) is 15.3 Å². The van der Waals surface area contributed by atoms with Gasteiger partial charge in [-0.1, -0.05) is 0 Å². The fraction of sp³-hybridized carbons (Fsp3) is 0.0625. The molecule has 102 valence electrons. The molecule has 0 aromatic carbocycles. The Bertz CT molecular complexity index is 910. The average molecular weight is 309 g/mol. The first-order valence-electron chi connectivity index (χ1n) is 6.52. The molecule has 0 aliphatic carbocycles. The molecule has 0 unspecified atom stereocenters. The van der Waals surface area contributed by atoms with Gasteiger partial charge in [0.15, 0.2) is 0 Å². The van der Waals surface area contributed by atoms with E-state index in [1.807, 2.05) is 30.7 Å². The summed E-state index contributed by atoms with van der Waals surface area (Å²) in [6, 6.07) is 6.13. The third kappa shape index (κ3) is 2.14. The minimum absolute atomic E-state index is 1.00. The number of nitrogens with zero attached hydrogens (tertiary/aromatic N) is 3. The van der Waals surface area contributed by atoms with E-state index in [-0.39, 0.29) is 0 Å². The van der Waals surface area contributed by atoms with Crippen molar-refractivity contribution >= 4 is 32.8 Å². The first kappa shape index (κ1) is 12.6. The monoisotopic (exact) mass is 309 g/mol. The molecule has 21 heavy (non-hydrogen) atoms. The van der Waals surface area contributed by atoms with Crippen molar-refractivity contribution in [3.8, 4) is 21.0 Å². The molecule has 0 radical (unpaired) electrons. The molecular weight excluding hydrogens is 298 g/mol. The number of aryl methyl sites for hydroxylation is 1. The molecule has 0 saturated heterocycles. The summed E-state index contributed by atoms with van der Waals surface area (Å²) in [4.78, 5) is 14.4. The Kier molecular flexibility index (Phi) is 3.02. The first-order chi connectivity index (χ1) is 10.3. The lowest BCUT2D eigenvalue weighted by molar-refractivity contribution is 1.25. The Labute approximate surface area is 130 Å². The zero-order valence-electron chi connectivity index (χ0n) is 11.3. The lowest BCUT2D eigenvalue weighted by Crippen LogP contribution is -1.81. The Morgan fingerprint density at radius 3 is 2.86 bits per heavy atom. The standard InChI is InChI=1S/C16H11N3S2/c1-10-15(13-8-18-9-14-12(13)4-6-20-14)21-16(19-10)11-3-2-5-17-7-11/h2-9H,1H3. The van der Waals surface area contributed by atoms with Crippen LogP contribution in [0.2, 0.25) is 0 Å². The van der Waals surface area contributed by atoms with Crippen LogP contribution in [0, 0.1) is 6.92 Å². The summed E-state index contributed by atoms with van der Waals surface area (Å²) in [6.07, 6.45) is 7.48. The van der Waals surface area contributed by atoms with Crippen LogP contribution in [0.4, 0.5) is 0 Å². The van der Waals surface area contributed by atoms with E-state index < -0.39 is 0 Å². The summed E-state index contributed by atoms with van der Waals surface area (Å²) in [5, 5.41) is 4.36. The summed E-state index contributed by atoms with van der Waals surface area (Å²) >= 11 is 3.41. The van der Waals surface area contributed by atoms with Crippen LogP contribution in [0.3, 0.4) is 0 Å². The number of thiazole rings is 1. The molecule has 0 aliphatic heterocycles. The molecular formula is C16H11N3S2.